The molecule has 0 amide bonds. The maximum absolute atomic E-state index is 10.9. The van der Waals surface area contributed by atoms with Gasteiger partial charge in [-0.25, -0.2) is 4.79 Å². The molecule has 0 bridgehead atoms. The Bertz CT molecular complexity index is 453. The van der Waals surface area contributed by atoms with Crippen molar-refractivity contribution in [3.63, 3.8) is 0 Å². The van der Waals surface area contributed by atoms with Crippen molar-refractivity contribution in [2.45, 2.75) is 31.7 Å². The summed E-state index contributed by atoms with van der Waals surface area (Å²) in [6, 6.07) is 2.71. The fourth-order valence-electron chi connectivity index (χ4n) is 2.32. The number of phenols is 2. The Morgan fingerprint density at radius 1 is 1.28 bits per heavy atom. The standard InChI is InChI=1S/C13H17NO4/c15-11-7-12(16)10(13(17)18)6-8(11)5-9-3-1-2-4-14-9/h6-7,9,14-16H,1-5H2,(H,17,18). The van der Waals surface area contributed by atoms with Crippen molar-refractivity contribution < 1.29 is 20.1 Å². The van der Waals surface area contributed by atoms with E-state index in [0.29, 0.717) is 12.0 Å². The minimum absolute atomic E-state index is 0.0510. The molecule has 0 radical (unpaired) electrons. The van der Waals surface area contributed by atoms with Gasteiger partial charge < -0.3 is 20.6 Å². The first-order valence-corrected chi connectivity index (χ1v) is 6.09. The van der Waals surface area contributed by atoms with E-state index in [2.05, 4.69) is 5.32 Å². The molecule has 1 unspecified atom stereocenters. The van der Waals surface area contributed by atoms with Crippen molar-refractivity contribution in [3.05, 3.63) is 23.3 Å². The van der Waals surface area contributed by atoms with Gasteiger partial charge in [-0.1, -0.05) is 6.42 Å². The molecule has 1 atom stereocenters. The summed E-state index contributed by atoms with van der Waals surface area (Å²) in [5.41, 5.74) is 0.392. The van der Waals surface area contributed by atoms with Crippen molar-refractivity contribution in [2.75, 3.05) is 6.54 Å². The Hall–Kier alpha value is -1.75. The third kappa shape index (κ3) is 2.73. The summed E-state index contributed by atoms with van der Waals surface area (Å²) in [7, 11) is 0. The average Bonchev–Trinajstić information content (AvgIpc) is 2.33. The minimum atomic E-state index is -1.19. The Morgan fingerprint density at radius 2 is 2.06 bits per heavy atom. The lowest BCUT2D eigenvalue weighted by atomic mass is 9.96. The molecule has 5 nitrogen and oxygen atoms in total. The maximum Gasteiger partial charge on any atom is 0.339 e. The van der Waals surface area contributed by atoms with Crippen molar-refractivity contribution >= 4 is 5.97 Å². The average molecular weight is 251 g/mol. The summed E-state index contributed by atoms with van der Waals surface area (Å²) in [6.45, 7) is 0.954. The number of phenolic OH excluding ortho intramolecular Hbond substituents is 1. The Labute approximate surface area is 105 Å². The number of rotatable bonds is 3. The molecule has 0 aliphatic carbocycles. The highest BCUT2D eigenvalue weighted by Crippen LogP contribution is 2.29. The number of hydrogen-bond acceptors (Lipinski definition) is 4. The van der Waals surface area contributed by atoms with E-state index in [9.17, 15) is 15.0 Å². The summed E-state index contributed by atoms with van der Waals surface area (Å²) in [5.74, 6) is -1.64. The van der Waals surface area contributed by atoms with E-state index in [1.54, 1.807) is 0 Å². The van der Waals surface area contributed by atoms with E-state index < -0.39 is 11.7 Å². The van der Waals surface area contributed by atoms with Crippen LogP contribution in [0.5, 0.6) is 11.5 Å². The van der Waals surface area contributed by atoms with Gasteiger partial charge in [-0.15, -0.1) is 0 Å². The van der Waals surface area contributed by atoms with Gasteiger partial charge >= 0.3 is 5.97 Å². The smallest absolute Gasteiger partial charge is 0.339 e. The number of carboxylic acid groups (broad SMARTS) is 1. The zero-order valence-electron chi connectivity index (χ0n) is 10.0. The second kappa shape index (κ2) is 5.27. The van der Waals surface area contributed by atoms with Crippen molar-refractivity contribution in [2.24, 2.45) is 0 Å². The Balaban J connectivity index is 2.21. The van der Waals surface area contributed by atoms with Crippen LogP contribution in [-0.2, 0) is 6.42 Å². The first kappa shape index (κ1) is 12.7. The lowest BCUT2D eigenvalue weighted by Crippen LogP contribution is -2.35. The quantitative estimate of drug-likeness (QED) is 0.653. The number of aromatic carboxylic acids is 1. The summed E-state index contributed by atoms with van der Waals surface area (Å²) >= 11 is 0. The summed E-state index contributed by atoms with van der Waals surface area (Å²) < 4.78 is 0. The van der Waals surface area contributed by atoms with Crippen LogP contribution in [0.4, 0.5) is 0 Å². The third-order valence-corrected chi connectivity index (χ3v) is 3.31. The van der Waals surface area contributed by atoms with Crippen LogP contribution in [0.3, 0.4) is 0 Å². The molecule has 1 aromatic rings. The molecule has 0 spiro atoms. The molecule has 2 rings (SSSR count). The van der Waals surface area contributed by atoms with Crippen LogP contribution in [0.2, 0.25) is 0 Å². The molecule has 4 N–H and O–H groups in total. The number of nitrogens with one attached hydrogen (secondary N) is 1. The Kier molecular flexibility index (Phi) is 3.72. The molecule has 18 heavy (non-hydrogen) atoms. The molecule has 1 heterocycles. The summed E-state index contributed by atoms with van der Waals surface area (Å²) in [6.07, 6.45) is 3.88. The fraction of sp³-hybridized carbons (Fsp3) is 0.462. The van der Waals surface area contributed by atoms with Gasteiger partial charge in [0, 0.05) is 12.1 Å². The second-order valence-electron chi connectivity index (χ2n) is 4.65. The molecule has 5 heteroatoms. The van der Waals surface area contributed by atoms with Gasteiger partial charge in [0.15, 0.2) is 0 Å². The van der Waals surface area contributed by atoms with E-state index in [0.717, 1.165) is 31.9 Å². The normalized spacial score (nSPS) is 19.7. The van der Waals surface area contributed by atoms with Gasteiger partial charge in [-0.3, -0.25) is 0 Å². The highest BCUT2D eigenvalue weighted by atomic mass is 16.4. The van der Waals surface area contributed by atoms with Crippen LogP contribution < -0.4 is 5.32 Å². The number of piperidine rings is 1. The number of carbonyl (C=O) groups is 1. The zero-order valence-corrected chi connectivity index (χ0v) is 10.0. The van der Waals surface area contributed by atoms with Gasteiger partial charge in [0.1, 0.15) is 17.1 Å². The molecule has 0 aromatic heterocycles. The molecule has 1 aromatic carbocycles. The topological polar surface area (TPSA) is 89.8 Å². The predicted molar refractivity (Wildman–Crippen MR) is 66.1 cm³/mol. The van der Waals surface area contributed by atoms with Gasteiger partial charge in [-0.05, 0) is 37.4 Å². The first-order chi connectivity index (χ1) is 8.58. The van der Waals surface area contributed by atoms with Crippen LogP contribution in [0.25, 0.3) is 0 Å². The number of hydrogen-bond donors (Lipinski definition) is 4. The van der Waals surface area contributed by atoms with Crippen molar-refractivity contribution in [1.82, 2.24) is 5.32 Å². The third-order valence-electron chi connectivity index (χ3n) is 3.31. The lowest BCUT2D eigenvalue weighted by molar-refractivity contribution is 0.0693. The molecular formula is C13H17NO4. The minimum Gasteiger partial charge on any atom is -0.508 e. The van der Waals surface area contributed by atoms with Crippen molar-refractivity contribution in [1.29, 1.82) is 0 Å². The Morgan fingerprint density at radius 3 is 2.67 bits per heavy atom. The molecule has 1 saturated heterocycles. The van der Waals surface area contributed by atoms with E-state index in [4.69, 9.17) is 5.11 Å². The highest BCUT2D eigenvalue weighted by molar-refractivity contribution is 5.91. The number of benzene rings is 1. The zero-order chi connectivity index (χ0) is 13.1. The number of carboxylic acids is 1. The van der Waals surface area contributed by atoms with E-state index in [1.165, 1.54) is 6.07 Å². The number of aromatic hydroxyl groups is 2. The SMILES string of the molecule is O=C(O)c1cc(CC2CCCCN2)c(O)cc1O. The lowest BCUT2D eigenvalue weighted by Gasteiger charge is -2.24. The molecule has 98 valence electrons. The van der Waals surface area contributed by atoms with Gasteiger partial charge in [0.2, 0.25) is 0 Å². The summed E-state index contributed by atoms with van der Waals surface area (Å²) in [4.78, 5) is 10.9. The van der Waals surface area contributed by atoms with E-state index >= 15 is 0 Å². The van der Waals surface area contributed by atoms with E-state index in [1.807, 2.05) is 0 Å². The van der Waals surface area contributed by atoms with Crippen LogP contribution in [0, 0.1) is 0 Å². The molecular weight excluding hydrogens is 234 g/mol. The van der Waals surface area contributed by atoms with Crippen LogP contribution in [0.1, 0.15) is 35.2 Å². The first-order valence-electron chi connectivity index (χ1n) is 6.09. The molecule has 1 aliphatic heterocycles. The second-order valence-corrected chi connectivity index (χ2v) is 4.65. The van der Waals surface area contributed by atoms with Gasteiger partial charge in [0.25, 0.3) is 0 Å². The van der Waals surface area contributed by atoms with Gasteiger partial charge in [0.05, 0.1) is 0 Å². The van der Waals surface area contributed by atoms with Crippen molar-refractivity contribution in [3.8, 4) is 11.5 Å². The molecule has 1 fully saturated rings. The van der Waals surface area contributed by atoms with Gasteiger partial charge in [-0.2, -0.15) is 0 Å². The van der Waals surface area contributed by atoms with Crippen LogP contribution >= 0.6 is 0 Å². The van der Waals surface area contributed by atoms with E-state index in [-0.39, 0.29) is 17.4 Å². The summed E-state index contributed by atoms with van der Waals surface area (Å²) in [5, 5.41) is 31.4. The molecule has 0 saturated carbocycles. The van der Waals surface area contributed by atoms with Crippen LogP contribution in [-0.4, -0.2) is 33.9 Å². The predicted octanol–water partition coefficient (Wildman–Crippen LogP) is 1.48. The largest absolute Gasteiger partial charge is 0.508 e. The fourth-order valence-corrected chi connectivity index (χ4v) is 2.32. The monoisotopic (exact) mass is 251 g/mol. The maximum atomic E-state index is 10.9. The highest BCUT2D eigenvalue weighted by Gasteiger charge is 2.18. The van der Waals surface area contributed by atoms with Crippen LogP contribution in [0.15, 0.2) is 12.1 Å². The molecule has 1 aliphatic rings.